The van der Waals surface area contributed by atoms with Gasteiger partial charge < -0.3 is 10.4 Å². The quantitative estimate of drug-likeness (QED) is 0.904. The van der Waals surface area contributed by atoms with E-state index in [-0.39, 0.29) is 18.3 Å². The average Bonchev–Trinajstić information content (AvgIpc) is 3.05. The largest absolute Gasteiger partial charge is 0.453 e. The number of nitrogens with one attached hydrogen (secondary N) is 1. The third-order valence-corrected chi connectivity index (χ3v) is 4.01. The lowest BCUT2D eigenvalue weighted by Gasteiger charge is -2.20. The number of fused-ring (bicyclic) bond motifs is 1. The van der Waals surface area contributed by atoms with Crippen LogP contribution in [-0.2, 0) is 6.18 Å². The zero-order chi connectivity index (χ0) is 15.7. The first-order valence-corrected chi connectivity index (χ1v) is 7.16. The Morgan fingerprint density at radius 1 is 1.27 bits per heavy atom. The van der Waals surface area contributed by atoms with Gasteiger partial charge in [-0.3, -0.25) is 0 Å². The second kappa shape index (κ2) is 5.71. The fourth-order valence-electron chi connectivity index (χ4n) is 2.97. The molecule has 1 fully saturated rings. The maximum absolute atomic E-state index is 12.8. The molecule has 2 aromatic heterocycles. The van der Waals surface area contributed by atoms with E-state index >= 15 is 0 Å². The molecule has 3 rings (SSSR count). The number of nitrogens with zero attached hydrogens (tertiary/aromatic N) is 4. The van der Waals surface area contributed by atoms with Crippen LogP contribution in [0.3, 0.4) is 0 Å². The fourth-order valence-corrected chi connectivity index (χ4v) is 2.97. The van der Waals surface area contributed by atoms with Gasteiger partial charge in [0, 0.05) is 12.6 Å². The van der Waals surface area contributed by atoms with Gasteiger partial charge in [-0.25, -0.2) is 0 Å². The maximum Gasteiger partial charge on any atom is 0.453 e. The molecule has 2 aromatic rings. The van der Waals surface area contributed by atoms with E-state index in [0.717, 1.165) is 19.3 Å². The number of alkyl halides is 3. The van der Waals surface area contributed by atoms with Crippen molar-refractivity contribution in [3.63, 3.8) is 0 Å². The predicted molar refractivity (Wildman–Crippen MR) is 72.2 cm³/mol. The highest BCUT2D eigenvalue weighted by molar-refractivity contribution is 5.44. The molecule has 0 bridgehead atoms. The summed E-state index contributed by atoms with van der Waals surface area (Å²) in [6.07, 6.45) is -0.969. The smallest absolute Gasteiger partial charge is 0.396 e. The molecule has 0 amide bonds. The second-order valence-electron chi connectivity index (χ2n) is 5.46. The van der Waals surface area contributed by atoms with Crippen molar-refractivity contribution in [3.8, 4) is 0 Å². The summed E-state index contributed by atoms with van der Waals surface area (Å²) in [5.74, 6) is -0.470. The lowest BCUT2D eigenvalue weighted by atomic mass is 10.0. The van der Waals surface area contributed by atoms with E-state index in [1.807, 2.05) is 0 Å². The molecule has 0 aromatic carbocycles. The van der Waals surface area contributed by atoms with E-state index in [1.165, 1.54) is 6.07 Å². The van der Waals surface area contributed by atoms with Crippen molar-refractivity contribution in [2.75, 3.05) is 11.9 Å². The summed E-state index contributed by atoms with van der Waals surface area (Å²) in [6.45, 7) is 0.110. The Morgan fingerprint density at radius 2 is 2.09 bits per heavy atom. The van der Waals surface area contributed by atoms with E-state index in [0.29, 0.717) is 22.7 Å². The first-order valence-electron chi connectivity index (χ1n) is 7.16. The molecule has 1 aliphatic carbocycles. The van der Waals surface area contributed by atoms with Crippen LogP contribution in [0, 0.1) is 5.92 Å². The highest BCUT2D eigenvalue weighted by atomic mass is 19.4. The van der Waals surface area contributed by atoms with Crippen LogP contribution in [0.2, 0.25) is 0 Å². The van der Waals surface area contributed by atoms with Crippen LogP contribution in [0.25, 0.3) is 5.65 Å². The molecule has 2 unspecified atom stereocenters. The molecule has 22 heavy (non-hydrogen) atoms. The van der Waals surface area contributed by atoms with Crippen molar-refractivity contribution >= 4 is 11.5 Å². The van der Waals surface area contributed by atoms with Crippen LogP contribution >= 0.6 is 0 Å². The Morgan fingerprint density at radius 3 is 2.82 bits per heavy atom. The monoisotopic (exact) mass is 315 g/mol. The molecule has 0 spiro atoms. The Bertz CT molecular complexity index is 657. The van der Waals surface area contributed by atoms with E-state index in [9.17, 15) is 13.2 Å². The van der Waals surface area contributed by atoms with Gasteiger partial charge in [0.15, 0.2) is 5.65 Å². The SMILES string of the molecule is OCCC1CCCC1Nc1ccc2nnc(C(F)(F)F)n2n1. The molecule has 0 radical (unpaired) electrons. The van der Waals surface area contributed by atoms with Gasteiger partial charge in [0.05, 0.1) is 0 Å². The van der Waals surface area contributed by atoms with E-state index in [2.05, 4.69) is 20.6 Å². The average molecular weight is 315 g/mol. The van der Waals surface area contributed by atoms with Crippen molar-refractivity contribution < 1.29 is 18.3 Å². The molecule has 0 aliphatic heterocycles. The van der Waals surface area contributed by atoms with Crippen molar-refractivity contribution in [1.29, 1.82) is 0 Å². The Labute approximate surface area is 124 Å². The van der Waals surface area contributed by atoms with Crippen LogP contribution in [0.1, 0.15) is 31.5 Å². The number of hydrogen-bond acceptors (Lipinski definition) is 5. The lowest BCUT2D eigenvalue weighted by Crippen LogP contribution is -2.25. The minimum absolute atomic E-state index is 0.0520. The lowest BCUT2D eigenvalue weighted by molar-refractivity contribution is -0.146. The number of aromatic nitrogens is 4. The van der Waals surface area contributed by atoms with Gasteiger partial charge in [-0.2, -0.15) is 17.7 Å². The van der Waals surface area contributed by atoms with Gasteiger partial charge in [-0.05, 0) is 37.3 Å². The molecular weight excluding hydrogens is 299 g/mol. The van der Waals surface area contributed by atoms with Crippen molar-refractivity contribution in [3.05, 3.63) is 18.0 Å². The minimum Gasteiger partial charge on any atom is -0.396 e. The number of aliphatic hydroxyl groups is 1. The van der Waals surface area contributed by atoms with Crippen molar-refractivity contribution in [2.24, 2.45) is 5.92 Å². The first kappa shape index (κ1) is 15.0. The predicted octanol–water partition coefficient (Wildman–Crippen LogP) is 2.11. The van der Waals surface area contributed by atoms with E-state index in [1.54, 1.807) is 6.07 Å². The van der Waals surface area contributed by atoms with Gasteiger partial charge >= 0.3 is 6.18 Å². The molecule has 2 atom stereocenters. The number of anilines is 1. The maximum atomic E-state index is 12.8. The molecule has 6 nitrogen and oxygen atoms in total. The molecule has 1 saturated carbocycles. The summed E-state index contributed by atoms with van der Waals surface area (Å²) >= 11 is 0. The van der Waals surface area contributed by atoms with Gasteiger partial charge in [0.1, 0.15) is 5.82 Å². The standard InChI is InChI=1S/C13H16F3N5O/c14-13(15,16)12-19-18-11-5-4-10(20-21(11)12)17-9-3-1-2-8(9)6-7-22/h4-5,8-9,22H,1-3,6-7H2,(H,17,20). The normalized spacial score (nSPS) is 22.4. The first-order chi connectivity index (χ1) is 10.5. The van der Waals surface area contributed by atoms with Crippen LogP contribution < -0.4 is 5.32 Å². The molecular formula is C13H16F3N5O. The summed E-state index contributed by atoms with van der Waals surface area (Å²) in [6, 6.07) is 3.16. The summed E-state index contributed by atoms with van der Waals surface area (Å²) in [5, 5.41) is 22.8. The number of halogens is 3. The van der Waals surface area contributed by atoms with Gasteiger partial charge in [-0.1, -0.05) is 6.42 Å². The van der Waals surface area contributed by atoms with Gasteiger partial charge in [0.2, 0.25) is 0 Å². The van der Waals surface area contributed by atoms with Crippen molar-refractivity contribution in [2.45, 2.75) is 37.9 Å². The second-order valence-corrected chi connectivity index (χ2v) is 5.46. The van der Waals surface area contributed by atoms with Gasteiger partial charge in [0.25, 0.3) is 5.82 Å². The molecule has 9 heteroatoms. The fraction of sp³-hybridized carbons (Fsp3) is 0.615. The Kier molecular flexibility index (Phi) is 3.90. The zero-order valence-corrected chi connectivity index (χ0v) is 11.7. The molecule has 0 saturated heterocycles. The van der Waals surface area contributed by atoms with E-state index < -0.39 is 12.0 Å². The zero-order valence-electron chi connectivity index (χ0n) is 11.7. The molecule has 1 aliphatic rings. The number of rotatable bonds is 4. The Hall–Kier alpha value is -1.90. The van der Waals surface area contributed by atoms with Crippen molar-refractivity contribution in [1.82, 2.24) is 19.8 Å². The van der Waals surface area contributed by atoms with Crippen LogP contribution in [0.4, 0.5) is 19.0 Å². The number of aliphatic hydroxyl groups excluding tert-OH is 1. The summed E-state index contributed by atoms with van der Waals surface area (Å²) in [5.41, 5.74) is 0.0520. The topological polar surface area (TPSA) is 75.3 Å². The summed E-state index contributed by atoms with van der Waals surface area (Å²) in [7, 11) is 0. The van der Waals surface area contributed by atoms with Gasteiger partial charge in [-0.15, -0.1) is 15.3 Å². The minimum atomic E-state index is -4.60. The molecule has 2 heterocycles. The van der Waals surface area contributed by atoms with Crippen LogP contribution in [0.5, 0.6) is 0 Å². The third-order valence-electron chi connectivity index (χ3n) is 4.01. The highest BCUT2D eigenvalue weighted by Gasteiger charge is 2.37. The van der Waals surface area contributed by atoms with Crippen LogP contribution in [0.15, 0.2) is 12.1 Å². The van der Waals surface area contributed by atoms with E-state index in [4.69, 9.17) is 5.11 Å². The summed E-state index contributed by atoms with van der Waals surface area (Å²) < 4.78 is 39.2. The third kappa shape index (κ3) is 2.85. The molecule has 120 valence electrons. The summed E-state index contributed by atoms with van der Waals surface area (Å²) in [4.78, 5) is 0. The number of hydrogen-bond donors (Lipinski definition) is 2. The Balaban J connectivity index is 1.85. The highest BCUT2D eigenvalue weighted by Crippen LogP contribution is 2.31. The molecule has 2 N–H and O–H groups in total. The van der Waals surface area contributed by atoms with Crippen LogP contribution in [-0.4, -0.2) is 37.6 Å².